The number of aryl methyl sites for hydroxylation is 1. The molecule has 0 aliphatic carbocycles. The van der Waals surface area contributed by atoms with Crippen molar-refractivity contribution in [3.05, 3.63) is 45.8 Å². The second-order valence-electron chi connectivity index (χ2n) is 4.41. The van der Waals surface area contributed by atoms with Crippen LogP contribution >= 0.6 is 22.9 Å². The number of thiophene rings is 1. The number of nitrogens with one attached hydrogen (secondary N) is 1. The SMILES string of the molecule is CCC(NC)c1ccc(-c2ccc(Cl)cc2C)s1. The van der Waals surface area contributed by atoms with E-state index >= 15 is 0 Å². The minimum atomic E-state index is 0.455. The summed E-state index contributed by atoms with van der Waals surface area (Å²) in [6, 6.07) is 11.0. The highest BCUT2D eigenvalue weighted by Crippen LogP contribution is 2.34. The van der Waals surface area contributed by atoms with E-state index in [4.69, 9.17) is 11.6 Å². The first-order valence-electron chi connectivity index (χ1n) is 6.19. The maximum absolute atomic E-state index is 6.00. The Labute approximate surface area is 118 Å². The largest absolute Gasteiger partial charge is 0.312 e. The first kappa shape index (κ1) is 13.6. The Morgan fingerprint density at radius 3 is 2.67 bits per heavy atom. The molecule has 0 spiro atoms. The van der Waals surface area contributed by atoms with Gasteiger partial charge in [-0.05, 0) is 55.8 Å². The minimum Gasteiger partial charge on any atom is -0.312 e. The molecule has 0 radical (unpaired) electrons. The molecule has 0 fully saturated rings. The van der Waals surface area contributed by atoms with Crippen molar-refractivity contribution in [1.29, 1.82) is 0 Å². The molecule has 1 aromatic heterocycles. The molecule has 1 N–H and O–H groups in total. The molecule has 2 rings (SSSR count). The summed E-state index contributed by atoms with van der Waals surface area (Å²) < 4.78 is 0. The van der Waals surface area contributed by atoms with E-state index in [1.54, 1.807) is 0 Å². The van der Waals surface area contributed by atoms with Crippen molar-refractivity contribution in [2.45, 2.75) is 26.3 Å². The summed E-state index contributed by atoms with van der Waals surface area (Å²) >= 11 is 7.86. The van der Waals surface area contributed by atoms with Gasteiger partial charge in [0.05, 0.1) is 0 Å². The highest BCUT2D eigenvalue weighted by atomic mass is 35.5. The molecule has 3 heteroatoms. The molecule has 1 aromatic carbocycles. The van der Waals surface area contributed by atoms with Gasteiger partial charge in [0.15, 0.2) is 0 Å². The topological polar surface area (TPSA) is 12.0 Å². The Kier molecular flexibility index (Phi) is 4.44. The van der Waals surface area contributed by atoms with Gasteiger partial charge in [0, 0.05) is 20.8 Å². The molecule has 0 saturated heterocycles. The fourth-order valence-electron chi connectivity index (χ4n) is 2.14. The molecular weight excluding hydrogens is 262 g/mol. The summed E-state index contributed by atoms with van der Waals surface area (Å²) in [6.07, 6.45) is 1.11. The number of hydrogen-bond donors (Lipinski definition) is 1. The lowest BCUT2D eigenvalue weighted by Crippen LogP contribution is -2.13. The van der Waals surface area contributed by atoms with E-state index in [0.717, 1.165) is 11.4 Å². The molecular formula is C15H18ClNS. The van der Waals surface area contributed by atoms with E-state index < -0.39 is 0 Å². The van der Waals surface area contributed by atoms with Gasteiger partial charge in [-0.1, -0.05) is 24.6 Å². The van der Waals surface area contributed by atoms with Crippen LogP contribution in [0.3, 0.4) is 0 Å². The van der Waals surface area contributed by atoms with Crippen LogP contribution in [0.4, 0.5) is 0 Å². The van der Waals surface area contributed by atoms with E-state index in [9.17, 15) is 0 Å². The van der Waals surface area contributed by atoms with E-state index in [1.807, 2.05) is 30.5 Å². The first-order valence-corrected chi connectivity index (χ1v) is 7.38. The van der Waals surface area contributed by atoms with Gasteiger partial charge in [0.2, 0.25) is 0 Å². The van der Waals surface area contributed by atoms with Crippen LogP contribution < -0.4 is 5.32 Å². The molecule has 96 valence electrons. The van der Waals surface area contributed by atoms with Crippen LogP contribution in [0.1, 0.15) is 29.8 Å². The van der Waals surface area contributed by atoms with E-state index in [0.29, 0.717) is 6.04 Å². The zero-order valence-corrected chi connectivity index (χ0v) is 12.5. The third-order valence-electron chi connectivity index (χ3n) is 3.18. The average Bonchev–Trinajstić information content (AvgIpc) is 2.80. The summed E-state index contributed by atoms with van der Waals surface area (Å²) in [7, 11) is 2.01. The Hall–Kier alpha value is -0.830. The number of benzene rings is 1. The van der Waals surface area contributed by atoms with Crippen molar-refractivity contribution in [1.82, 2.24) is 5.32 Å². The van der Waals surface area contributed by atoms with Crippen LogP contribution in [0, 0.1) is 6.92 Å². The molecule has 0 amide bonds. The lowest BCUT2D eigenvalue weighted by Gasteiger charge is -2.10. The summed E-state index contributed by atoms with van der Waals surface area (Å²) in [6.45, 7) is 4.31. The van der Waals surface area contributed by atoms with Crippen LogP contribution in [0.2, 0.25) is 5.02 Å². The van der Waals surface area contributed by atoms with Gasteiger partial charge in [0.25, 0.3) is 0 Å². The molecule has 0 aliphatic rings. The van der Waals surface area contributed by atoms with E-state index in [2.05, 4.69) is 37.4 Å². The molecule has 18 heavy (non-hydrogen) atoms. The molecule has 0 saturated carbocycles. The van der Waals surface area contributed by atoms with Crippen LogP contribution in [0.15, 0.2) is 30.3 Å². The average molecular weight is 280 g/mol. The van der Waals surface area contributed by atoms with Gasteiger partial charge in [0.1, 0.15) is 0 Å². The normalized spacial score (nSPS) is 12.7. The van der Waals surface area contributed by atoms with Gasteiger partial charge in [-0.3, -0.25) is 0 Å². The highest BCUT2D eigenvalue weighted by molar-refractivity contribution is 7.15. The Morgan fingerprint density at radius 1 is 1.28 bits per heavy atom. The fourth-order valence-corrected chi connectivity index (χ4v) is 3.65. The van der Waals surface area contributed by atoms with Crippen LogP contribution in [-0.4, -0.2) is 7.05 Å². The van der Waals surface area contributed by atoms with Crippen molar-refractivity contribution < 1.29 is 0 Å². The predicted molar refractivity (Wildman–Crippen MR) is 81.6 cm³/mol. The quantitative estimate of drug-likeness (QED) is 0.826. The zero-order chi connectivity index (χ0) is 13.1. The summed E-state index contributed by atoms with van der Waals surface area (Å²) in [5, 5.41) is 4.15. The lowest BCUT2D eigenvalue weighted by atomic mass is 10.1. The van der Waals surface area contributed by atoms with Gasteiger partial charge < -0.3 is 5.32 Å². The zero-order valence-electron chi connectivity index (χ0n) is 11.0. The Morgan fingerprint density at radius 2 is 2.06 bits per heavy atom. The van der Waals surface area contributed by atoms with Gasteiger partial charge in [-0.25, -0.2) is 0 Å². The fraction of sp³-hybridized carbons (Fsp3) is 0.333. The van der Waals surface area contributed by atoms with E-state index in [-0.39, 0.29) is 0 Å². The number of halogens is 1. The monoisotopic (exact) mass is 279 g/mol. The summed E-state index contributed by atoms with van der Waals surface area (Å²) in [5.41, 5.74) is 2.51. The van der Waals surface area contributed by atoms with Crippen molar-refractivity contribution in [2.24, 2.45) is 0 Å². The van der Waals surface area contributed by atoms with Gasteiger partial charge >= 0.3 is 0 Å². The Balaban J connectivity index is 2.34. The maximum atomic E-state index is 6.00. The summed E-state index contributed by atoms with van der Waals surface area (Å²) in [4.78, 5) is 2.71. The van der Waals surface area contributed by atoms with E-state index in [1.165, 1.54) is 20.9 Å². The third kappa shape index (κ3) is 2.77. The van der Waals surface area contributed by atoms with Crippen molar-refractivity contribution in [3.63, 3.8) is 0 Å². The first-order chi connectivity index (χ1) is 8.65. The van der Waals surface area contributed by atoms with Crippen LogP contribution in [0.5, 0.6) is 0 Å². The highest BCUT2D eigenvalue weighted by Gasteiger charge is 2.11. The lowest BCUT2D eigenvalue weighted by molar-refractivity contribution is 0.586. The minimum absolute atomic E-state index is 0.455. The van der Waals surface area contributed by atoms with Crippen molar-refractivity contribution in [3.8, 4) is 10.4 Å². The molecule has 2 aromatic rings. The molecule has 1 atom stereocenters. The predicted octanol–water partition coefficient (Wildman–Crippen LogP) is 5.05. The molecule has 1 heterocycles. The molecule has 1 unspecified atom stereocenters. The second-order valence-corrected chi connectivity index (χ2v) is 5.96. The Bertz CT molecular complexity index is 529. The van der Waals surface area contributed by atoms with Crippen LogP contribution in [-0.2, 0) is 0 Å². The number of hydrogen-bond acceptors (Lipinski definition) is 2. The molecule has 1 nitrogen and oxygen atoms in total. The molecule has 0 bridgehead atoms. The van der Waals surface area contributed by atoms with Gasteiger partial charge in [-0.2, -0.15) is 0 Å². The van der Waals surface area contributed by atoms with Gasteiger partial charge in [-0.15, -0.1) is 11.3 Å². The van der Waals surface area contributed by atoms with Crippen molar-refractivity contribution in [2.75, 3.05) is 7.05 Å². The number of rotatable bonds is 4. The third-order valence-corrected chi connectivity index (χ3v) is 4.65. The summed E-state index contributed by atoms with van der Waals surface area (Å²) in [5.74, 6) is 0. The standard InChI is InChI=1S/C15H18ClNS/c1-4-13(17-3)15-8-7-14(18-15)12-6-5-11(16)9-10(12)2/h5-9,13,17H,4H2,1-3H3. The van der Waals surface area contributed by atoms with Crippen LogP contribution in [0.25, 0.3) is 10.4 Å². The smallest absolute Gasteiger partial charge is 0.0409 e. The van der Waals surface area contributed by atoms with Crippen molar-refractivity contribution >= 4 is 22.9 Å². The maximum Gasteiger partial charge on any atom is 0.0409 e. The second kappa shape index (κ2) is 5.87. The molecule has 0 aliphatic heterocycles.